The second-order valence-corrected chi connectivity index (χ2v) is 5.66. The zero-order chi connectivity index (χ0) is 15.2. The number of nitrogens with zero attached hydrogens (tertiary/aromatic N) is 5. The molecule has 112 valence electrons. The van der Waals surface area contributed by atoms with Crippen LogP contribution in [0.3, 0.4) is 0 Å². The number of hydrogen-bond acceptors (Lipinski definition) is 4. The first-order valence-corrected chi connectivity index (χ1v) is 7.54. The van der Waals surface area contributed by atoms with E-state index in [0.29, 0.717) is 0 Å². The van der Waals surface area contributed by atoms with Crippen molar-refractivity contribution in [2.24, 2.45) is 0 Å². The van der Waals surface area contributed by atoms with Crippen molar-refractivity contribution in [2.75, 3.05) is 4.90 Å². The third kappa shape index (κ3) is 1.85. The molecule has 0 saturated heterocycles. The molecule has 1 N–H and O–H groups in total. The summed E-state index contributed by atoms with van der Waals surface area (Å²) in [5.74, 6) is 0.965. The molecule has 4 heterocycles. The van der Waals surface area contributed by atoms with Gasteiger partial charge in [-0.1, -0.05) is 18.2 Å². The second-order valence-electron chi connectivity index (χ2n) is 5.66. The zero-order valence-electron chi connectivity index (χ0n) is 12.3. The summed E-state index contributed by atoms with van der Waals surface area (Å²) >= 11 is 0. The third-order valence-corrected chi connectivity index (χ3v) is 4.29. The van der Waals surface area contributed by atoms with Gasteiger partial charge in [-0.25, -0.2) is 14.6 Å². The van der Waals surface area contributed by atoms with Crippen molar-refractivity contribution in [1.29, 1.82) is 0 Å². The lowest BCUT2D eigenvalue weighted by molar-refractivity contribution is 0.770. The Labute approximate surface area is 132 Å². The van der Waals surface area contributed by atoms with E-state index < -0.39 is 0 Å². The fourth-order valence-electron chi connectivity index (χ4n) is 3.20. The molecule has 3 aromatic heterocycles. The summed E-state index contributed by atoms with van der Waals surface area (Å²) in [6.07, 6.45) is 5.47. The molecule has 0 spiro atoms. The van der Waals surface area contributed by atoms with Gasteiger partial charge >= 0.3 is 0 Å². The van der Waals surface area contributed by atoms with E-state index in [0.717, 1.165) is 35.6 Å². The van der Waals surface area contributed by atoms with Gasteiger partial charge in [-0.15, -0.1) is 0 Å². The van der Waals surface area contributed by atoms with Gasteiger partial charge in [-0.3, -0.25) is 0 Å². The van der Waals surface area contributed by atoms with E-state index in [1.807, 2.05) is 41.3 Å². The predicted molar refractivity (Wildman–Crippen MR) is 87.3 cm³/mol. The maximum atomic E-state index is 4.54. The first-order valence-electron chi connectivity index (χ1n) is 7.54. The van der Waals surface area contributed by atoms with Crippen LogP contribution in [-0.4, -0.2) is 24.7 Å². The number of aromatic amines is 1. The first kappa shape index (κ1) is 12.4. The quantitative estimate of drug-likeness (QED) is 0.618. The molecule has 0 saturated carbocycles. The molecular weight excluding hydrogens is 288 g/mol. The van der Waals surface area contributed by atoms with Crippen molar-refractivity contribution in [3.63, 3.8) is 0 Å². The van der Waals surface area contributed by atoms with E-state index in [2.05, 4.69) is 37.1 Å². The number of benzene rings is 1. The van der Waals surface area contributed by atoms with Crippen LogP contribution in [0.5, 0.6) is 0 Å². The molecule has 0 unspecified atom stereocenters. The van der Waals surface area contributed by atoms with Gasteiger partial charge in [0.2, 0.25) is 0 Å². The number of nitrogens with one attached hydrogen (secondary N) is 1. The van der Waals surface area contributed by atoms with Crippen molar-refractivity contribution >= 4 is 16.9 Å². The highest BCUT2D eigenvalue weighted by atomic mass is 15.3. The Bertz CT molecular complexity index is 985. The number of rotatable bonds is 2. The smallest absolute Gasteiger partial charge is 0.142 e. The van der Waals surface area contributed by atoms with Gasteiger partial charge in [-0.05, 0) is 18.2 Å². The number of fused-ring (bicyclic) bond motifs is 2. The van der Waals surface area contributed by atoms with Crippen LogP contribution in [0.1, 0.15) is 11.3 Å². The molecular formula is C17H14N6. The van der Waals surface area contributed by atoms with Crippen LogP contribution in [0.2, 0.25) is 0 Å². The fourth-order valence-corrected chi connectivity index (χ4v) is 3.20. The Morgan fingerprint density at radius 3 is 2.83 bits per heavy atom. The van der Waals surface area contributed by atoms with Crippen LogP contribution in [0.15, 0.2) is 55.1 Å². The minimum Gasteiger partial charge on any atom is -0.346 e. The number of aromatic nitrogens is 5. The van der Waals surface area contributed by atoms with Crippen LogP contribution < -0.4 is 4.90 Å². The molecule has 1 aliphatic heterocycles. The Balaban J connectivity index is 1.55. The lowest BCUT2D eigenvalue weighted by atomic mass is 10.3. The summed E-state index contributed by atoms with van der Waals surface area (Å²) in [6.45, 7) is 1.61. The topological polar surface area (TPSA) is 62.6 Å². The fraction of sp³-hybridized carbons (Fsp3) is 0.118. The minimum atomic E-state index is 0.793. The maximum absolute atomic E-state index is 4.54. The van der Waals surface area contributed by atoms with E-state index in [4.69, 9.17) is 0 Å². The summed E-state index contributed by atoms with van der Waals surface area (Å²) in [5, 5.41) is 5.59. The normalized spacial score (nSPS) is 13.7. The summed E-state index contributed by atoms with van der Waals surface area (Å²) in [7, 11) is 0. The second kappa shape index (κ2) is 4.67. The summed E-state index contributed by atoms with van der Waals surface area (Å²) < 4.78 is 2.02. The lowest BCUT2D eigenvalue weighted by Gasteiger charge is -2.17. The van der Waals surface area contributed by atoms with Crippen LogP contribution >= 0.6 is 0 Å². The molecule has 4 aromatic rings. The molecule has 0 atom stereocenters. The summed E-state index contributed by atoms with van der Waals surface area (Å²) in [6, 6.07) is 12.3. The molecule has 0 bridgehead atoms. The first-order chi connectivity index (χ1) is 11.4. The zero-order valence-corrected chi connectivity index (χ0v) is 12.3. The average Bonchev–Trinajstić information content (AvgIpc) is 3.30. The minimum absolute atomic E-state index is 0.793. The number of para-hydroxylation sites is 1. The number of H-pyrrole nitrogens is 1. The van der Waals surface area contributed by atoms with Crippen molar-refractivity contribution in [3.8, 4) is 5.69 Å². The van der Waals surface area contributed by atoms with E-state index in [9.17, 15) is 0 Å². The van der Waals surface area contributed by atoms with Crippen molar-refractivity contribution in [2.45, 2.75) is 13.1 Å². The largest absolute Gasteiger partial charge is 0.346 e. The molecule has 0 radical (unpaired) electrons. The molecule has 5 rings (SSSR count). The van der Waals surface area contributed by atoms with E-state index in [1.165, 1.54) is 11.3 Å². The molecule has 0 fully saturated rings. The van der Waals surface area contributed by atoms with Crippen molar-refractivity contribution in [3.05, 3.63) is 66.4 Å². The highest BCUT2D eigenvalue weighted by molar-refractivity contribution is 5.87. The van der Waals surface area contributed by atoms with Crippen LogP contribution in [0.4, 0.5) is 5.82 Å². The average molecular weight is 302 g/mol. The SMILES string of the molecule is c1ccc(-n2ncc3c2CN(c2ncnc4[nH]ccc24)C3)cc1. The van der Waals surface area contributed by atoms with Gasteiger partial charge < -0.3 is 9.88 Å². The van der Waals surface area contributed by atoms with Crippen molar-refractivity contribution in [1.82, 2.24) is 24.7 Å². The molecule has 0 amide bonds. The Hall–Kier alpha value is -3.15. The summed E-state index contributed by atoms with van der Waals surface area (Å²) in [5.41, 5.74) is 4.43. The Morgan fingerprint density at radius 1 is 1.00 bits per heavy atom. The van der Waals surface area contributed by atoms with E-state index >= 15 is 0 Å². The molecule has 1 aliphatic rings. The van der Waals surface area contributed by atoms with Gasteiger partial charge in [-0.2, -0.15) is 5.10 Å². The lowest BCUT2D eigenvalue weighted by Crippen LogP contribution is -2.18. The molecule has 6 nitrogen and oxygen atoms in total. The summed E-state index contributed by atoms with van der Waals surface area (Å²) in [4.78, 5) is 14.2. The van der Waals surface area contributed by atoms with Crippen LogP contribution in [0, 0.1) is 0 Å². The number of hydrogen-bond donors (Lipinski definition) is 1. The van der Waals surface area contributed by atoms with Gasteiger partial charge in [0.15, 0.2) is 0 Å². The van der Waals surface area contributed by atoms with Crippen molar-refractivity contribution < 1.29 is 0 Å². The molecule has 23 heavy (non-hydrogen) atoms. The highest BCUT2D eigenvalue weighted by Gasteiger charge is 2.26. The van der Waals surface area contributed by atoms with Gasteiger partial charge in [0.1, 0.15) is 17.8 Å². The molecule has 6 heteroatoms. The Kier molecular flexibility index (Phi) is 2.52. The third-order valence-electron chi connectivity index (χ3n) is 4.29. The highest BCUT2D eigenvalue weighted by Crippen LogP contribution is 2.31. The molecule has 0 aliphatic carbocycles. The van der Waals surface area contributed by atoms with Gasteiger partial charge in [0.05, 0.1) is 29.5 Å². The monoisotopic (exact) mass is 302 g/mol. The number of anilines is 1. The Morgan fingerprint density at radius 2 is 1.91 bits per heavy atom. The maximum Gasteiger partial charge on any atom is 0.142 e. The van der Waals surface area contributed by atoms with Crippen LogP contribution in [0.25, 0.3) is 16.7 Å². The van der Waals surface area contributed by atoms with Gasteiger partial charge in [0, 0.05) is 18.3 Å². The molecule has 1 aromatic carbocycles. The van der Waals surface area contributed by atoms with E-state index in [1.54, 1.807) is 6.33 Å². The standard InChI is InChI=1S/C17H14N6/c1-2-4-13(5-3-1)23-15-10-22(9-12(15)8-21-23)17-14-6-7-18-16(14)19-11-20-17/h1-8,11H,9-10H2,(H,18,19,20). The van der Waals surface area contributed by atoms with Gasteiger partial charge in [0.25, 0.3) is 0 Å². The predicted octanol–water partition coefficient (Wildman–Crippen LogP) is 2.66. The van der Waals surface area contributed by atoms with E-state index in [-0.39, 0.29) is 0 Å². The van der Waals surface area contributed by atoms with Crippen LogP contribution in [-0.2, 0) is 13.1 Å².